The van der Waals surface area contributed by atoms with E-state index in [-0.39, 0.29) is 12.1 Å². The average molecular weight is 561 g/mol. The fourth-order valence-corrected chi connectivity index (χ4v) is 4.77. The number of benzene rings is 3. The van der Waals surface area contributed by atoms with Crippen molar-refractivity contribution >= 4 is 59.0 Å². The van der Waals surface area contributed by atoms with E-state index < -0.39 is 0 Å². The Kier molecular flexibility index (Phi) is 10.4. The molecule has 3 aromatic carbocycles. The van der Waals surface area contributed by atoms with Crippen LogP contribution < -0.4 is 9.86 Å². The van der Waals surface area contributed by atoms with Crippen LogP contribution in [0.15, 0.2) is 99.9 Å². The number of hydrogen-bond donors (Lipinski definition) is 2. The molecule has 188 valence electrons. The van der Waals surface area contributed by atoms with E-state index in [1.54, 1.807) is 0 Å². The molecule has 1 fully saturated rings. The normalized spacial score (nSPS) is 19.1. The van der Waals surface area contributed by atoms with Gasteiger partial charge in [-0.05, 0) is 66.8 Å². The summed E-state index contributed by atoms with van der Waals surface area (Å²) in [6.07, 6.45) is 2.70. The Morgan fingerprint density at radius 1 is 0.944 bits per heavy atom. The third kappa shape index (κ3) is 8.16. The van der Waals surface area contributed by atoms with Gasteiger partial charge in [-0.2, -0.15) is 5.10 Å². The molecule has 1 aliphatic carbocycles. The van der Waals surface area contributed by atoms with E-state index in [0.29, 0.717) is 5.02 Å². The first-order valence-corrected chi connectivity index (χ1v) is 13.9. The number of nitrogens with zero attached hydrogens (tertiary/aromatic N) is 3. The van der Waals surface area contributed by atoms with Crippen LogP contribution >= 0.6 is 47.4 Å². The maximum atomic E-state index is 6.01. The third-order valence-corrected chi connectivity index (χ3v) is 7.21. The molecular weight excluding hydrogens is 533 g/mol. The predicted molar refractivity (Wildman–Crippen MR) is 153 cm³/mol. The molecule has 1 saturated carbocycles. The molecule has 0 spiro atoms. The number of nitrogens with two attached hydrogens (primary N) is 1. The van der Waals surface area contributed by atoms with Gasteiger partial charge in [0.05, 0.1) is 36.6 Å². The summed E-state index contributed by atoms with van der Waals surface area (Å²) in [5.74, 6) is 0.739. The minimum absolute atomic E-state index is 0.158. The van der Waals surface area contributed by atoms with Crippen molar-refractivity contribution < 1.29 is 4.18 Å². The number of hydrazone groups is 1. The van der Waals surface area contributed by atoms with Gasteiger partial charge in [0.15, 0.2) is 0 Å². The second-order valence-electron chi connectivity index (χ2n) is 8.13. The van der Waals surface area contributed by atoms with Gasteiger partial charge in [-0.25, -0.2) is 10.0 Å². The molecule has 0 saturated heterocycles. The summed E-state index contributed by atoms with van der Waals surface area (Å²) >= 11 is 14.4. The van der Waals surface area contributed by atoms with E-state index in [1.807, 2.05) is 89.9 Å². The molecule has 0 radical (unpaired) electrons. The average Bonchev–Trinajstić information content (AvgIpc) is 3.38. The highest BCUT2D eigenvalue weighted by Gasteiger charge is 2.32. The number of aliphatic imine (C=N–C) groups is 1. The van der Waals surface area contributed by atoms with Gasteiger partial charge in [-0.1, -0.05) is 71.7 Å². The summed E-state index contributed by atoms with van der Waals surface area (Å²) in [5.41, 5.74) is 2.09. The topological polar surface area (TPSA) is 75.2 Å². The van der Waals surface area contributed by atoms with E-state index >= 15 is 0 Å². The van der Waals surface area contributed by atoms with Crippen LogP contribution in [0.25, 0.3) is 0 Å². The Hall–Kier alpha value is -2.20. The van der Waals surface area contributed by atoms with Crippen LogP contribution in [0.2, 0.25) is 10.0 Å². The van der Waals surface area contributed by atoms with Crippen molar-refractivity contribution in [3.63, 3.8) is 0 Å². The summed E-state index contributed by atoms with van der Waals surface area (Å²) in [7, 11) is 0. The van der Waals surface area contributed by atoms with Crippen LogP contribution in [0, 0.1) is 0 Å². The smallest absolute Gasteiger partial charge is 0.225 e. The Morgan fingerprint density at radius 3 is 2.11 bits per heavy atom. The Bertz CT molecular complexity index is 1110. The molecule has 1 aliphatic heterocycles. The summed E-state index contributed by atoms with van der Waals surface area (Å²) in [6, 6.07) is 27.6. The van der Waals surface area contributed by atoms with Gasteiger partial charge in [0.1, 0.15) is 0 Å². The Morgan fingerprint density at radius 2 is 1.53 bits per heavy atom. The summed E-state index contributed by atoms with van der Waals surface area (Å²) in [6.45, 7) is 0.760. The van der Waals surface area contributed by atoms with E-state index in [0.717, 1.165) is 65.2 Å². The van der Waals surface area contributed by atoms with Crippen molar-refractivity contribution in [2.24, 2.45) is 15.2 Å². The van der Waals surface area contributed by atoms with E-state index in [2.05, 4.69) is 4.72 Å². The summed E-state index contributed by atoms with van der Waals surface area (Å²) in [4.78, 5) is 5.94. The van der Waals surface area contributed by atoms with Crippen molar-refractivity contribution in [1.29, 1.82) is 0 Å². The molecule has 0 atom stereocenters. The molecule has 1 heterocycles. The lowest BCUT2D eigenvalue weighted by Crippen LogP contribution is -2.39. The predicted octanol–water partition coefficient (Wildman–Crippen LogP) is 6.81. The molecule has 6 nitrogen and oxygen atoms in total. The standard InChI is InChI=1S/C20H21Cl2N5OS2.C6H6/c21-14-3-1-13(2-4-14)19-9-10-27(25-19)20(24-16-11-17(12-16)28-30-23)26-29-18-7-5-15(22)6-8-18;1-2-4-6-5-3-1/h1-8,16-17H,9-12,23H2,(H,24,26);1-6H. The first kappa shape index (κ1) is 26.9. The second-order valence-corrected chi connectivity index (χ2v) is 10.3. The summed E-state index contributed by atoms with van der Waals surface area (Å²) < 4.78 is 8.75. The molecule has 2 aliphatic rings. The summed E-state index contributed by atoms with van der Waals surface area (Å²) in [5, 5.41) is 13.6. The molecular formula is C26H27Cl2N5OS2. The monoisotopic (exact) mass is 559 g/mol. The van der Waals surface area contributed by atoms with Crippen molar-refractivity contribution in [3.05, 3.63) is 101 Å². The van der Waals surface area contributed by atoms with Gasteiger partial charge in [0.2, 0.25) is 5.96 Å². The maximum absolute atomic E-state index is 6.01. The number of guanidine groups is 1. The van der Waals surface area contributed by atoms with Gasteiger partial charge in [0, 0.05) is 21.4 Å². The largest absolute Gasteiger partial charge is 0.298 e. The van der Waals surface area contributed by atoms with Crippen LogP contribution in [0.5, 0.6) is 0 Å². The zero-order valence-corrected chi connectivity index (χ0v) is 22.6. The first-order valence-electron chi connectivity index (χ1n) is 11.5. The minimum Gasteiger partial charge on any atom is -0.298 e. The zero-order chi connectivity index (χ0) is 25.2. The van der Waals surface area contributed by atoms with E-state index in [9.17, 15) is 0 Å². The van der Waals surface area contributed by atoms with Gasteiger partial charge < -0.3 is 0 Å². The van der Waals surface area contributed by atoms with Gasteiger partial charge in [-0.3, -0.25) is 14.0 Å². The van der Waals surface area contributed by atoms with Crippen molar-refractivity contribution in [3.8, 4) is 0 Å². The van der Waals surface area contributed by atoms with Gasteiger partial charge in [0.25, 0.3) is 0 Å². The SMILES string of the molecule is NSOC1CC(N=C(NSc2ccc(Cl)cc2)N2CCC(c3ccc(Cl)cc3)=N2)C1.c1ccccc1. The quantitative estimate of drug-likeness (QED) is 0.149. The Balaban J connectivity index is 0.000000445. The molecule has 3 aromatic rings. The van der Waals surface area contributed by atoms with Gasteiger partial charge in [-0.15, -0.1) is 0 Å². The van der Waals surface area contributed by atoms with Crippen LogP contribution in [-0.2, 0) is 4.18 Å². The molecule has 0 aromatic heterocycles. The van der Waals surface area contributed by atoms with Crippen LogP contribution in [0.4, 0.5) is 0 Å². The first-order chi connectivity index (χ1) is 17.6. The highest BCUT2D eigenvalue weighted by molar-refractivity contribution is 7.98. The molecule has 0 unspecified atom stereocenters. The molecule has 5 rings (SSSR count). The lowest BCUT2D eigenvalue weighted by Gasteiger charge is -2.32. The lowest BCUT2D eigenvalue weighted by molar-refractivity contribution is 0.125. The van der Waals surface area contributed by atoms with Crippen LogP contribution in [0.3, 0.4) is 0 Å². The fraction of sp³-hybridized carbons (Fsp3) is 0.231. The van der Waals surface area contributed by atoms with Crippen molar-refractivity contribution in [2.75, 3.05) is 6.54 Å². The van der Waals surface area contributed by atoms with E-state index in [1.165, 1.54) is 11.9 Å². The third-order valence-electron chi connectivity index (χ3n) is 5.53. The van der Waals surface area contributed by atoms with E-state index in [4.69, 9.17) is 42.6 Å². The number of rotatable bonds is 6. The highest BCUT2D eigenvalue weighted by atomic mass is 35.5. The van der Waals surface area contributed by atoms with Gasteiger partial charge >= 0.3 is 0 Å². The molecule has 10 heteroatoms. The molecule has 3 N–H and O–H groups in total. The minimum atomic E-state index is 0.158. The fourth-order valence-electron chi connectivity index (χ4n) is 3.57. The highest BCUT2D eigenvalue weighted by Crippen LogP contribution is 2.29. The number of halogens is 2. The maximum Gasteiger partial charge on any atom is 0.225 e. The molecule has 0 bridgehead atoms. The zero-order valence-electron chi connectivity index (χ0n) is 19.5. The Labute approximate surface area is 230 Å². The molecule has 36 heavy (non-hydrogen) atoms. The van der Waals surface area contributed by atoms with Crippen LogP contribution in [-0.4, -0.2) is 35.4 Å². The number of nitrogens with one attached hydrogen (secondary N) is 1. The van der Waals surface area contributed by atoms with Crippen molar-refractivity contribution in [2.45, 2.75) is 36.3 Å². The lowest BCUT2D eigenvalue weighted by atomic mass is 9.90. The van der Waals surface area contributed by atoms with Crippen LogP contribution in [0.1, 0.15) is 24.8 Å². The second kappa shape index (κ2) is 13.9. The number of hydrogen-bond acceptors (Lipinski definition) is 6. The van der Waals surface area contributed by atoms with Crippen molar-refractivity contribution in [1.82, 2.24) is 9.73 Å². The molecule has 0 amide bonds.